The van der Waals surface area contributed by atoms with Gasteiger partial charge in [-0.05, 0) is 12.8 Å². The van der Waals surface area contributed by atoms with E-state index in [-0.39, 0.29) is 0 Å². The molecule has 0 aromatic heterocycles. The molecule has 4 atom stereocenters. The fourth-order valence-electron chi connectivity index (χ4n) is 2.54. The van der Waals surface area contributed by atoms with Gasteiger partial charge in [-0.25, -0.2) is 0 Å². The van der Waals surface area contributed by atoms with Gasteiger partial charge in [0.1, 0.15) is 0 Å². The van der Waals surface area contributed by atoms with E-state index in [1.54, 1.807) is 0 Å². The van der Waals surface area contributed by atoms with Crippen molar-refractivity contribution in [3.05, 3.63) is 12.2 Å². The predicted octanol–water partition coefficient (Wildman–Crippen LogP) is 1.35. The van der Waals surface area contributed by atoms with Gasteiger partial charge in [0.15, 0.2) is 0 Å². The summed E-state index contributed by atoms with van der Waals surface area (Å²) in [7, 11) is 0. The van der Waals surface area contributed by atoms with Crippen LogP contribution >= 0.6 is 0 Å². The molecule has 3 fully saturated rings. The summed E-state index contributed by atoms with van der Waals surface area (Å²) >= 11 is 0. The maximum atomic E-state index is 5.45. The fourth-order valence-corrected chi connectivity index (χ4v) is 2.54. The van der Waals surface area contributed by atoms with Crippen LogP contribution in [0.3, 0.4) is 0 Å². The highest BCUT2D eigenvalue weighted by atomic mass is 16.6. The van der Waals surface area contributed by atoms with E-state index in [1.165, 1.54) is 18.4 Å². The molecule has 0 spiro atoms. The molecule has 9 heavy (non-hydrogen) atoms. The lowest BCUT2D eigenvalue weighted by atomic mass is 10.0. The zero-order valence-electron chi connectivity index (χ0n) is 5.34. The van der Waals surface area contributed by atoms with Gasteiger partial charge in [-0.1, -0.05) is 12.2 Å². The van der Waals surface area contributed by atoms with Crippen LogP contribution in [0.15, 0.2) is 12.2 Å². The third-order valence-electron chi connectivity index (χ3n) is 3.10. The maximum absolute atomic E-state index is 5.45. The van der Waals surface area contributed by atoms with Gasteiger partial charge in [-0.3, -0.25) is 0 Å². The summed E-state index contributed by atoms with van der Waals surface area (Å²) in [5.41, 5.74) is 1.50. The largest absolute Gasteiger partial charge is 0.368 e. The van der Waals surface area contributed by atoms with Crippen molar-refractivity contribution in [3.8, 4) is 0 Å². The van der Waals surface area contributed by atoms with Crippen LogP contribution in [0.4, 0.5) is 0 Å². The van der Waals surface area contributed by atoms with Crippen molar-refractivity contribution in [2.75, 3.05) is 0 Å². The molecule has 1 heterocycles. The third kappa shape index (κ3) is 0.351. The van der Waals surface area contributed by atoms with Crippen LogP contribution in [-0.2, 0) is 4.74 Å². The lowest BCUT2D eigenvalue weighted by Gasteiger charge is -2.02. The summed E-state index contributed by atoms with van der Waals surface area (Å²) in [6.07, 6.45) is 3.95. The van der Waals surface area contributed by atoms with Gasteiger partial charge >= 0.3 is 0 Å². The van der Waals surface area contributed by atoms with E-state index in [1.807, 2.05) is 0 Å². The third-order valence-corrected chi connectivity index (χ3v) is 3.10. The van der Waals surface area contributed by atoms with Gasteiger partial charge in [0.2, 0.25) is 0 Å². The molecular weight excluding hydrogens is 112 g/mol. The van der Waals surface area contributed by atoms with E-state index in [0.717, 1.165) is 11.8 Å². The average molecular weight is 122 g/mol. The van der Waals surface area contributed by atoms with Crippen LogP contribution in [0.1, 0.15) is 12.8 Å². The molecule has 0 radical (unpaired) electrons. The lowest BCUT2D eigenvalue weighted by molar-refractivity contribution is 0.306. The van der Waals surface area contributed by atoms with E-state index in [0.29, 0.717) is 12.2 Å². The minimum atomic E-state index is 0.622. The molecule has 0 unspecified atom stereocenters. The monoisotopic (exact) mass is 122 g/mol. The number of ether oxygens (including phenoxy) is 1. The van der Waals surface area contributed by atoms with Gasteiger partial charge in [0, 0.05) is 11.8 Å². The van der Waals surface area contributed by atoms with Crippen molar-refractivity contribution in [1.29, 1.82) is 0 Å². The standard InChI is InChI=1S/C8H10O/c1-4-5-2-3-6(4)8-7(5)9-8/h5-8H,1-3H2/t5-,6+,7-,8+. The Kier molecular flexibility index (Phi) is 0.552. The van der Waals surface area contributed by atoms with Crippen molar-refractivity contribution in [1.82, 2.24) is 0 Å². The molecule has 2 saturated carbocycles. The summed E-state index contributed by atoms with van der Waals surface area (Å²) in [4.78, 5) is 0. The Morgan fingerprint density at radius 1 is 1.22 bits per heavy atom. The average Bonchev–Trinajstić information content (AvgIpc) is 2.53. The van der Waals surface area contributed by atoms with Crippen molar-refractivity contribution in [2.45, 2.75) is 25.0 Å². The van der Waals surface area contributed by atoms with Crippen LogP contribution in [0.5, 0.6) is 0 Å². The summed E-state index contributed by atoms with van der Waals surface area (Å²) in [6, 6.07) is 0. The molecule has 48 valence electrons. The first-order valence-electron chi connectivity index (χ1n) is 3.72. The van der Waals surface area contributed by atoms with E-state index >= 15 is 0 Å². The van der Waals surface area contributed by atoms with Crippen molar-refractivity contribution >= 4 is 0 Å². The summed E-state index contributed by atoms with van der Waals surface area (Å²) in [5.74, 6) is 1.53. The number of fused-ring (bicyclic) bond motifs is 5. The van der Waals surface area contributed by atoms with Crippen LogP contribution in [0.2, 0.25) is 0 Å². The Labute approximate surface area is 54.7 Å². The van der Waals surface area contributed by atoms with Crippen LogP contribution in [-0.4, -0.2) is 12.2 Å². The maximum Gasteiger partial charge on any atom is 0.0913 e. The number of hydrogen-bond acceptors (Lipinski definition) is 1. The Hall–Kier alpha value is -0.300. The SMILES string of the molecule is C=C1[C@H]2CC[C@@H]1[C@@H]1O[C@@H]12. The topological polar surface area (TPSA) is 12.5 Å². The highest BCUT2D eigenvalue weighted by Crippen LogP contribution is 2.58. The Morgan fingerprint density at radius 2 is 1.78 bits per heavy atom. The highest BCUT2D eigenvalue weighted by molar-refractivity contribution is 5.28. The molecular formula is C8H10O. The molecule has 0 aromatic rings. The van der Waals surface area contributed by atoms with Gasteiger partial charge in [-0.2, -0.15) is 0 Å². The lowest BCUT2D eigenvalue weighted by Crippen LogP contribution is -2.04. The number of hydrogen-bond donors (Lipinski definition) is 0. The van der Waals surface area contributed by atoms with Crippen molar-refractivity contribution in [2.24, 2.45) is 11.8 Å². The molecule has 1 saturated heterocycles. The Balaban J connectivity index is 2.09. The zero-order chi connectivity index (χ0) is 6.01. The summed E-state index contributed by atoms with van der Waals surface area (Å²) < 4.78 is 5.45. The second-order valence-corrected chi connectivity index (χ2v) is 3.43. The minimum Gasteiger partial charge on any atom is -0.368 e. The molecule has 0 N–H and O–H groups in total. The highest BCUT2D eigenvalue weighted by Gasteiger charge is 2.61. The number of rotatable bonds is 0. The number of epoxide rings is 1. The molecule has 0 amide bonds. The van der Waals surface area contributed by atoms with Crippen molar-refractivity contribution < 1.29 is 4.74 Å². The first kappa shape index (κ1) is 4.51. The van der Waals surface area contributed by atoms with E-state index in [2.05, 4.69) is 6.58 Å². The quantitative estimate of drug-likeness (QED) is 0.349. The summed E-state index contributed by atoms with van der Waals surface area (Å²) in [5, 5.41) is 0. The smallest absolute Gasteiger partial charge is 0.0913 e. The molecule has 3 rings (SSSR count). The minimum absolute atomic E-state index is 0.622. The normalized spacial score (nSPS) is 60.2. The molecule has 2 bridgehead atoms. The predicted molar refractivity (Wildman–Crippen MR) is 34.0 cm³/mol. The van der Waals surface area contributed by atoms with Crippen LogP contribution < -0.4 is 0 Å². The van der Waals surface area contributed by atoms with Crippen molar-refractivity contribution in [3.63, 3.8) is 0 Å². The molecule has 1 nitrogen and oxygen atoms in total. The van der Waals surface area contributed by atoms with Gasteiger partial charge < -0.3 is 4.74 Å². The first-order valence-corrected chi connectivity index (χ1v) is 3.72. The van der Waals surface area contributed by atoms with E-state index in [4.69, 9.17) is 4.74 Å². The van der Waals surface area contributed by atoms with E-state index < -0.39 is 0 Å². The summed E-state index contributed by atoms with van der Waals surface area (Å²) in [6.45, 7) is 4.08. The van der Waals surface area contributed by atoms with Gasteiger partial charge in [0.05, 0.1) is 12.2 Å². The zero-order valence-corrected chi connectivity index (χ0v) is 5.34. The fraction of sp³-hybridized carbons (Fsp3) is 0.750. The molecule has 1 heteroatoms. The van der Waals surface area contributed by atoms with Crippen LogP contribution in [0, 0.1) is 11.8 Å². The second kappa shape index (κ2) is 1.10. The molecule has 1 aliphatic heterocycles. The second-order valence-electron chi connectivity index (χ2n) is 3.43. The van der Waals surface area contributed by atoms with Gasteiger partial charge in [0.25, 0.3) is 0 Å². The Bertz CT molecular complexity index is 167. The molecule has 3 aliphatic rings. The molecule has 2 aliphatic carbocycles. The first-order chi connectivity index (χ1) is 4.38. The Morgan fingerprint density at radius 3 is 2.11 bits per heavy atom. The molecule has 0 aromatic carbocycles. The van der Waals surface area contributed by atoms with E-state index in [9.17, 15) is 0 Å². The van der Waals surface area contributed by atoms with Gasteiger partial charge in [-0.15, -0.1) is 0 Å². The van der Waals surface area contributed by atoms with Crippen LogP contribution in [0.25, 0.3) is 0 Å².